The van der Waals surface area contributed by atoms with Crippen molar-refractivity contribution in [2.45, 2.75) is 18.8 Å². The van der Waals surface area contributed by atoms with E-state index in [0.29, 0.717) is 5.92 Å². The number of thiophene rings is 2. The fourth-order valence-corrected chi connectivity index (χ4v) is 11.8. The van der Waals surface area contributed by atoms with Crippen LogP contribution in [-0.2, 0) is 0 Å². The van der Waals surface area contributed by atoms with Gasteiger partial charge in [-0.3, -0.25) is 5.32 Å². The van der Waals surface area contributed by atoms with Crippen molar-refractivity contribution in [3.05, 3.63) is 187 Å². The summed E-state index contributed by atoms with van der Waals surface area (Å²) in [6.45, 7) is 0. The van der Waals surface area contributed by atoms with Crippen LogP contribution in [0.25, 0.3) is 79.0 Å². The van der Waals surface area contributed by atoms with E-state index in [4.69, 9.17) is 4.99 Å². The second-order valence-electron chi connectivity index (χ2n) is 15.1. The molecule has 3 atom stereocenters. The number of amidine groups is 1. The minimum atomic E-state index is -0.153. The van der Waals surface area contributed by atoms with E-state index < -0.39 is 0 Å². The average molecular weight is 769 g/mol. The quantitative estimate of drug-likeness (QED) is 0.183. The molecule has 4 nitrogen and oxygen atoms in total. The molecular weight excluding hydrogens is 733 g/mol. The summed E-state index contributed by atoms with van der Waals surface area (Å²) in [5.74, 6) is 1.25. The van der Waals surface area contributed by atoms with Crippen molar-refractivity contribution in [2.24, 2.45) is 10.9 Å². The Kier molecular flexibility index (Phi) is 7.58. The number of rotatable bonds is 5. The molecule has 2 aliphatic rings. The molecule has 7 aromatic carbocycles. The van der Waals surface area contributed by atoms with Crippen LogP contribution in [0.5, 0.6) is 0 Å². The highest BCUT2D eigenvalue weighted by Gasteiger charge is 2.30. The van der Waals surface area contributed by atoms with Crippen LogP contribution in [0.3, 0.4) is 0 Å². The SMILES string of the molecule is C1=CCC(C2NC(c3cccc4sc5c(-c6cccc7sc8c(-n9c%10ccccc%10c%10ccccc%109)cccc8c67)cccc5c34)=NC(c3ccccc3)N2)C=C1. The van der Waals surface area contributed by atoms with E-state index in [0.717, 1.165) is 17.8 Å². The highest BCUT2D eigenvalue weighted by atomic mass is 32.1. The van der Waals surface area contributed by atoms with Gasteiger partial charge in [0.1, 0.15) is 12.0 Å². The van der Waals surface area contributed by atoms with Gasteiger partial charge in [-0.25, -0.2) is 4.99 Å². The third kappa shape index (κ3) is 5.18. The summed E-state index contributed by atoms with van der Waals surface area (Å²) >= 11 is 3.79. The summed E-state index contributed by atoms with van der Waals surface area (Å²) in [5, 5.41) is 15.4. The van der Waals surface area contributed by atoms with E-state index in [9.17, 15) is 0 Å². The average Bonchev–Trinajstić information content (AvgIpc) is 3.97. The molecule has 1 aliphatic heterocycles. The Bertz CT molecular complexity index is 3250. The van der Waals surface area contributed by atoms with Gasteiger partial charge in [0, 0.05) is 63.5 Å². The Labute approximate surface area is 337 Å². The van der Waals surface area contributed by atoms with Gasteiger partial charge in [-0.1, -0.05) is 146 Å². The summed E-state index contributed by atoms with van der Waals surface area (Å²) in [7, 11) is 0. The van der Waals surface area contributed by atoms with E-state index >= 15 is 0 Å². The molecule has 0 saturated carbocycles. The first-order valence-electron chi connectivity index (χ1n) is 19.6. The summed E-state index contributed by atoms with van der Waals surface area (Å²) < 4.78 is 7.63. The maximum Gasteiger partial charge on any atom is 0.132 e. The minimum absolute atomic E-state index is 0.0384. The first kappa shape index (κ1) is 32.9. The lowest BCUT2D eigenvalue weighted by atomic mass is 9.95. The van der Waals surface area contributed by atoms with Crippen LogP contribution in [0.4, 0.5) is 0 Å². The molecule has 272 valence electrons. The number of allylic oxidation sites excluding steroid dienone is 3. The third-order valence-corrected chi connectivity index (χ3v) is 14.2. The zero-order valence-corrected chi connectivity index (χ0v) is 32.5. The summed E-state index contributed by atoms with van der Waals surface area (Å²) in [6, 6.07) is 55.4. The van der Waals surface area contributed by atoms with E-state index in [-0.39, 0.29) is 12.3 Å². The molecular formula is C51H36N4S2. The van der Waals surface area contributed by atoms with Crippen molar-refractivity contribution in [1.29, 1.82) is 0 Å². The number of para-hydroxylation sites is 2. The molecule has 0 radical (unpaired) electrons. The Morgan fingerprint density at radius 2 is 1.16 bits per heavy atom. The molecule has 1 aliphatic carbocycles. The van der Waals surface area contributed by atoms with Gasteiger partial charge in [0.25, 0.3) is 0 Å². The zero-order chi connectivity index (χ0) is 37.5. The lowest BCUT2D eigenvalue weighted by Gasteiger charge is -2.36. The lowest BCUT2D eigenvalue weighted by Crippen LogP contribution is -2.54. The van der Waals surface area contributed by atoms with Crippen molar-refractivity contribution in [3.63, 3.8) is 0 Å². The second-order valence-corrected chi connectivity index (χ2v) is 17.2. The molecule has 12 rings (SSSR count). The normalized spacial score (nSPS) is 18.3. The number of nitrogens with one attached hydrogen (secondary N) is 2. The molecule has 0 saturated heterocycles. The predicted octanol–water partition coefficient (Wildman–Crippen LogP) is 13.3. The van der Waals surface area contributed by atoms with Gasteiger partial charge in [0.15, 0.2) is 0 Å². The molecule has 10 aromatic rings. The van der Waals surface area contributed by atoms with Crippen molar-refractivity contribution in [2.75, 3.05) is 0 Å². The maximum atomic E-state index is 5.38. The van der Waals surface area contributed by atoms with Gasteiger partial charge in [-0.15, -0.1) is 22.7 Å². The fourth-order valence-electron chi connectivity index (χ4n) is 9.27. The van der Waals surface area contributed by atoms with E-state index in [1.165, 1.54) is 84.5 Å². The molecule has 3 aromatic heterocycles. The minimum Gasteiger partial charge on any atom is -0.354 e. The summed E-state index contributed by atoms with van der Waals surface area (Å²) in [5.41, 5.74) is 8.55. The molecule has 0 bridgehead atoms. The predicted molar refractivity (Wildman–Crippen MR) is 244 cm³/mol. The standard InChI is InChI=1S/C51H36N4S2/c1-3-15-31(16-4-1)49-52-50(32-17-5-2-6-18-32)54-51(53-49)39-25-14-30-44-46(39)37-23-11-22-36(47(37)56-44)35-21-13-29-43-45(35)38-24-12-28-42(48(38)57-43)55-40-26-9-7-19-33(40)34-20-8-10-27-41(34)55/h1-17,19-30,32,49-50,52H,18H2,(H,53,54). The van der Waals surface area contributed by atoms with Crippen LogP contribution in [0.15, 0.2) is 181 Å². The molecule has 4 heterocycles. The molecule has 3 unspecified atom stereocenters. The smallest absolute Gasteiger partial charge is 0.132 e. The number of fused-ring (bicyclic) bond motifs is 9. The first-order chi connectivity index (χ1) is 28.3. The zero-order valence-electron chi connectivity index (χ0n) is 30.9. The van der Waals surface area contributed by atoms with Crippen molar-refractivity contribution in [1.82, 2.24) is 15.2 Å². The van der Waals surface area contributed by atoms with Gasteiger partial charge in [-0.2, -0.15) is 0 Å². The Hall–Kier alpha value is -6.31. The van der Waals surface area contributed by atoms with Gasteiger partial charge in [0.2, 0.25) is 0 Å². The maximum absolute atomic E-state index is 5.38. The Balaban J connectivity index is 1.04. The van der Waals surface area contributed by atoms with Gasteiger partial charge < -0.3 is 9.88 Å². The number of benzene rings is 7. The van der Waals surface area contributed by atoms with E-state index in [1.807, 2.05) is 22.7 Å². The molecule has 0 fully saturated rings. The highest BCUT2D eigenvalue weighted by Crippen LogP contribution is 2.48. The summed E-state index contributed by atoms with van der Waals surface area (Å²) in [6.07, 6.45) is 9.74. The van der Waals surface area contributed by atoms with Crippen molar-refractivity contribution in [3.8, 4) is 16.8 Å². The monoisotopic (exact) mass is 768 g/mol. The molecule has 2 N–H and O–H groups in total. The number of hydrogen-bond acceptors (Lipinski definition) is 5. The Morgan fingerprint density at radius 3 is 1.91 bits per heavy atom. The van der Waals surface area contributed by atoms with E-state index in [1.54, 1.807) is 0 Å². The lowest BCUT2D eigenvalue weighted by molar-refractivity contribution is 0.328. The van der Waals surface area contributed by atoms with Gasteiger partial charge in [-0.05, 0) is 47.9 Å². The van der Waals surface area contributed by atoms with Crippen molar-refractivity contribution >= 4 is 90.7 Å². The summed E-state index contributed by atoms with van der Waals surface area (Å²) in [4.78, 5) is 5.38. The molecule has 6 heteroatoms. The Morgan fingerprint density at radius 1 is 0.544 bits per heavy atom. The molecule has 0 spiro atoms. The fraction of sp³-hybridized carbons (Fsp3) is 0.0784. The van der Waals surface area contributed by atoms with Crippen LogP contribution >= 0.6 is 22.7 Å². The number of nitrogens with zero attached hydrogens (tertiary/aromatic N) is 2. The van der Waals surface area contributed by atoms with E-state index in [2.05, 4.69) is 191 Å². The number of aromatic nitrogens is 1. The van der Waals surface area contributed by atoms with Crippen molar-refractivity contribution < 1.29 is 0 Å². The van der Waals surface area contributed by atoms with Crippen LogP contribution in [0, 0.1) is 5.92 Å². The van der Waals surface area contributed by atoms with Crippen LogP contribution < -0.4 is 10.6 Å². The second kappa shape index (κ2) is 13.1. The number of aliphatic imine (C=N–C) groups is 1. The van der Waals surface area contributed by atoms with Crippen LogP contribution in [0.1, 0.15) is 23.7 Å². The topological polar surface area (TPSA) is 41.4 Å². The molecule has 57 heavy (non-hydrogen) atoms. The largest absolute Gasteiger partial charge is 0.354 e. The van der Waals surface area contributed by atoms with Gasteiger partial charge >= 0.3 is 0 Å². The highest BCUT2D eigenvalue weighted by molar-refractivity contribution is 7.27. The van der Waals surface area contributed by atoms with Crippen LogP contribution in [0.2, 0.25) is 0 Å². The number of hydrogen-bond donors (Lipinski definition) is 2. The van der Waals surface area contributed by atoms with Gasteiger partial charge in [0.05, 0.1) is 27.6 Å². The first-order valence-corrected chi connectivity index (χ1v) is 21.3. The van der Waals surface area contributed by atoms with Crippen LogP contribution in [-0.4, -0.2) is 16.6 Å². The third-order valence-electron chi connectivity index (χ3n) is 11.8. The molecule has 0 amide bonds.